The van der Waals surface area contributed by atoms with E-state index in [1.165, 1.54) is 30.3 Å². The molecule has 0 unspecified atom stereocenters. The minimum atomic E-state index is -1.36. The first kappa shape index (κ1) is 15.8. The minimum absolute atomic E-state index is 0.168. The number of carboxylic acids is 1. The predicted molar refractivity (Wildman–Crippen MR) is 85.4 cm³/mol. The van der Waals surface area contributed by atoms with Gasteiger partial charge in [-0.1, -0.05) is 0 Å². The molecule has 25 heavy (non-hydrogen) atoms. The second-order valence-corrected chi connectivity index (χ2v) is 4.99. The number of nitriles is 2. The number of ether oxygens (including phenoxy) is 1. The van der Waals surface area contributed by atoms with Crippen LogP contribution in [0.2, 0.25) is 0 Å². The van der Waals surface area contributed by atoms with Gasteiger partial charge in [-0.2, -0.15) is 10.5 Å². The van der Waals surface area contributed by atoms with Crippen LogP contribution in [-0.4, -0.2) is 11.1 Å². The van der Waals surface area contributed by atoms with E-state index in [1.54, 1.807) is 12.1 Å². The van der Waals surface area contributed by atoms with Crippen molar-refractivity contribution >= 4 is 16.9 Å². The van der Waals surface area contributed by atoms with Crippen molar-refractivity contribution < 1.29 is 19.1 Å². The van der Waals surface area contributed by atoms with E-state index in [1.807, 2.05) is 12.1 Å². The lowest BCUT2D eigenvalue weighted by atomic mass is 10.1. The predicted octanol–water partition coefficient (Wildman–Crippen LogP) is 3.03. The summed E-state index contributed by atoms with van der Waals surface area (Å²) in [6, 6.07) is 14.0. The quantitative estimate of drug-likeness (QED) is 0.731. The van der Waals surface area contributed by atoms with Crippen LogP contribution >= 0.6 is 0 Å². The van der Waals surface area contributed by atoms with Crippen LogP contribution in [0.25, 0.3) is 11.0 Å². The molecule has 0 amide bonds. The van der Waals surface area contributed by atoms with Crippen LogP contribution in [0.15, 0.2) is 51.7 Å². The lowest BCUT2D eigenvalue weighted by Crippen LogP contribution is -2.12. The monoisotopic (exact) mass is 332 g/mol. The Bertz CT molecular complexity index is 1150. The average Bonchev–Trinajstić information content (AvgIpc) is 2.60. The van der Waals surface area contributed by atoms with Crippen molar-refractivity contribution in [1.29, 1.82) is 10.5 Å². The third-order valence-electron chi connectivity index (χ3n) is 3.41. The first-order valence-electron chi connectivity index (χ1n) is 6.95. The topological polar surface area (TPSA) is 124 Å². The van der Waals surface area contributed by atoms with Gasteiger partial charge in [-0.15, -0.1) is 0 Å². The highest BCUT2D eigenvalue weighted by atomic mass is 16.5. The van der Waals surface area contributed by atoms with E-state index in [9.17, 15) is 9.59 Å². The Kier molecular flexibility index (Phi) is 3.90. The van der Waals surface area contributed by atoms with Crippen LogP contribution in [0.1, 0.15) is 21.5 Å². The van der Waals surface area contributed by atoms with Crippen LogP contribution in [0, 0.1) is 22.7 Å². The minimum Gasteiger partial charge on any atom is -0.477 e. The van der Waals surface area contributed by atoms with Gasteiger partial charge in [-0.05, 0) is 36.4 Å². The van der Waals surface area contributed by atoms with Crippen LogP contribution in [0.4, 0.5) is 0 Å². The normalized spacial score (nSPS) is 10.0. The Balaban J connectivity index is 1.99. The molecule has 0 aliphatic carbocycles. The maximum Gasteiger partial charge on any atom is 0.351 e. The maximum atomic E-state index is 11.6. The fourth-order valence-corrected chi connectivity index (χ4v) is 2.22. The van der Waals surface area contributed by atoms with Gasteiger partial charge in [0, 0.05) is 11.5 Å². The number of carbonyl (C=O) groups is 1. The molecule has 0 aliphatic rings. The molecule has 0 aliphatic heterocycles. The second-order valence-electron chi connectivity index (χ2n) is 4.99. The van der Waals surface area contributed by atoms with E-state index in [-0.39, 0.29) is 16.7 Å². The van der Waals surface area contributed by atoms with Gasteiger partial charge >= 0.3 is 11.6 Å². The summed E-state index contributed by atoms with van der Waals surface area (Å²) in [7, 11) is 0. The van der Waals surface area contributed by atoms with Crippen molar-refractivity contribution in [3.63, 3.8) is 0 Å². The second kappa shape index (κ2) is 6.19. The summed E-state index contributed by atoms with van der Waals surface area (Å²) in [5.74, 6) is -0.704. The molecule has 0 fully saturated rings. The maximum absolute atomic E-state index is 11.6. The number of hydrogen-bond donors (Lipinski definition) is 1. The highest BCUT2D eigenvalue weighted by Crippen LogP contribution is 2.27. The number of hydrogen-bond acceptors (Lipinski definition) is 6. The van der Waals surface area contributed by atoms with Gasteiger partial charge in [0.2, 0.25) is 0 Å². The molecule has 0 spiro atoms. The molecule has 3 rings (SSSR count). The molecular weight excluding hydrogens is 324 g/mol. The van der Waals surface area contributed by atoms with Gasteiger partial charge in [-0.25, -0.2) is 9.59 Å². The van der Waals surface area contributed by atoms with Crippen molar-refractivity contribution in [2.45, 2.75) is 0 Å². The molecule has 3 aromatic rings. The molecular formula is C18H8N2O5. The van der Waals surface area contributed by atoms with Gasteiger partial charge in [0.15, 0.2) is 0 Å². The molecule has 0 atom stereocenters. The number of rotatable bonds is 3. The van der Waals surface area contributed by atoms with Crippen molar-refractivity contribution in [1.82, 2.24) is 0 Å². The smallest absolute Gasteiger partial charge is 0.351 e. The summed E-state index contributed by atoms with van der Waals surface area (Å²) < 4.78 is 10.6. The molecule has 0 radical (unpaired) electrons. The lowest BCUT2D eigenvalue weighted by Gasteiger charge is -2.07. The van der Waals surface area contributed by atoms with Crippen LogP contribution in [-0.2, 0) is 0 Å². The van der Waals surface area contributed by atoms with Crippen LogP contribution < -0.4 is 10.4 Å². The molecule has 1 aromatic heterocycles. The summed E-state index contributed by atoms with van der Waals surface area (Å²) >= 11 is 0. The third-order valence-corrected chi connectivity index (χ3v) is 3.41. The van der Waals surface area contributed by atoms with Gasteiger partial charge in [0.05, 0.1) is 11.1 Å². The van der Waals surface area contributed by atoms with Gasteiger partial charge < -0.3 is 14.3 Å². The Hall–Kier alpha value is -4.10. The molecule has 120 valence electrons. The Morgan fingerprint density at radius 1 is 1.00 bits per heavy atom. The van der Waals surface area contributed by atoms with Crippen LogP contribution in [0.3, 0.4) is 0 Å². The summed E-state index contributed by atoms with van der Waals surface area (Å²) in [5, 5.41) is 27.3. The zero-order valence-electron chi connectivity index (χ0n) is 12.5. The standard InChI is InChI=1S/C18H8N2O5/c19-8-11-2-4-13(5-12(11)9-20)24-14-3-1-10-6-15(17(21)22)18(23)25-16(10)7-14/h1-7H,(H,21,22). The molecule has 1 N–H and O–H groups in total. The first-order valence-corrected chi connectivity index (χ1v) is 6.95. The Labute approximate surface area is 140 Å². The Morgan fingerprint density at radius 2 is 1.68 bits per heavy atom. The van der Waals surface area contributed by atoms with Crippen molar-refractivity contribution in [2.75, 3.05) is 0 Å². The molecule has 0 saturated carbocycles. The molecule has 7 nitrogen and oxygen atoms in total. The number of nitrogens with zero attached hydrogens (tertiary/aromatic N) is 2. The SMILES string of the molecule is N#Cc1ccc(Oc2ccc3cc(C(=O)O)c(=O)oc3c2)cc1C#N. The summed E-state index contributed by atoms with van der Waals surface area (Å²) in [6.07, 6.45) is 0. The van der Waals surface area contributed by atoms with Crippen LogP contribution in [0.5, 0.6) is 11.5 Å². The lowest BCUT2D eigenvalue weighted by molar-refractivity contribution is 0.0692. The van der Waals surface area contributed by atoms with E-state index >= 15 is 0 Å². The number of benzene rings is 2. The van der Waals surface area contributed by atoms with Gasteiger partial charge in [0.25, 0.3) is 0 Å². The zero-order valence-corrected chi connectivity index (χ0v) is 12.5. The molecule has 0 bridgehead atoms. The van der Waals surface area contributed by atoms with E-state index in [0.717, 1.165) is 0 Å². The number of carboxylic acid groups (broad SMARTS) is 1. The summed E-state index contributed by atoms with van der Waals surface area (Å²) in [4.78, 5) is 22.6. The third kappa shape index (κ3) is 3.03. The largest absolute Gasteiger partial charge is 0.477 e. The molecule has 1 heterocycles. The highest BCUT2D eigenvalue weighted by Gasteiger charge is 2.13. The zero-order chi connectivity index (χ0) is 18.0. The average molecular weight is 332 g/mol. The van der Waals surface area contributed by atoms with Gasteiger partial charge in [-0.3, -0.25) is 0 Å². The first-order chi connectivity index (χ1) is 12.0. The van der Waals surface area contributed by atoms with Gasteiger partial charge in [0.1, 0.15) is 34.8 Å². The number of fused-ring (bicyclic) bond motifs is 1. The fourth-order valence-electron chi connectivity index (χ4n) is 2.22. The molecule has 2 aromatic carbocycles. The fraction of sp³-hybridized carbons (Fsp3) is 0. The molecule has 0 saturated heterocycles. The van der Waals surface area contributed by atoms with Crippen molar-refractivity contribution in [3.05, 3.63) is 69.6 Å². The molecule has 7 heteroatoms. The van der Waals surface area contributed by atoms with Crippen molar-refractivity contribution in [3.8, 4) is 23.6 Å². The Morgan fingerprint density at radius 3 is 2.36 bits per heavy atom. The summed E-state index contributed by atoms with van der Waals surface area (Å²) in [6.45, 7) is 0. The van der Waals surface area contributed by atoms with E-state index in [2.05, 4.69) is 0 Å². The van der Waals surface area contributed by atoms with E-state index < -0.39 is 17.2 Å². The van der Waals surface area contributed by atoms with E-state index in [4.69, 9.17) is 24.8 Å². The summed E-state index contributed by atoms with van der Waals surface area (Å²) in [5.41, 5.74) is -0.824. The highest BCUT2D eigenvalue weighted by molar-refractivity contribution is 5.91. The number of aromatic carboxylic acids is 1. The van der Waals surface area contributed by atoms with Crippen molar-refractivity contribution in [2.24, 2.45) is 0 Å². The van der Waals surface area contributed by atoms with E-state index in [0.29, 0.717) is 16.9 Å².